The summed E-state index contributed by atoms with van der Waals surface area (Å²) in [6, 6.07) is 7.15. The maximum absolute atomic E-state index is 5.24. The third-order valence-corrected chi connectivity index (χ3v) is 3.68. The van der Waals surface area contributed by atoms with Crippen LogP contribution in [-0.4, -0.2) is 26.2 Å². The van der Waals surface area contributed by atoms with E-state index in [1.165, 1.54) is 30.5 Å². The fourth-order valence-electron chi connectivity index (χ4n) is 2.43. The number of hydrogen-bond acceptors (Lipinski definition) is 3. The third kappa shape index (κ3) is 2.55. The first kappa shape index (κ1) is 10.9. The number of fused-ring (bicyclic) bond motifs is 1. The molecule has 2 N–H and O–H groups in total. The highest BCUT2D eigenvalue weighted by Crippen LogP contribution is 2.29. The zero-order valence-corrected chi connectivity index (χ0v) is 10.3. The lowest BCUT2D eigenvalue weighted by molar-refractivity contribution is 0.414. The summed E-state index contributed by atoms with van der Waals surface area (Å²) in [4.78, 5) is 0. The Balaban J connectivity index is 1.63. The van der Waals surface area contributed by atoms with Crippen molar-refractivity contribution in [1.82, 2.24) is 5.32 Å². The standard InChI is InChI=1S/C14H20N2O/c1-17-13-5-2-11-6-10(8-15-12-3-4-12)9-16-14(11)7-13/h2,5,7,10,12,15-16H,3-4,6,8-9H2,1H3. The molecule has 92 valence electrons. The second-order valence-electron chi connectivity index (χ2n) is 5.16. The van der Waals surface area contributed by atoms with Gasteiger partial charge in [0.1, 0.15) is 5.75 Å². The predicted octanol–water partition coefficient (Wildman–Crippen LogP) is 2.03. The van der Waals surface area contributed by atoms with E-state index in [1.54, 1.807) is 7.11 Å². The average molecular weight is 232 g/mol. The molecule has 0 bridgehead atoms. The van der Waals surface area contributed by atoms with Crippen LogP contribution >= 0.6 is 0 Å². The first-order valence-corrected chi connectivity index (χ1v) is 6.49. The highest BCUT2D eigenvalue weighted by Gasteiger charge is 2.24. The number of rotatable bonds is 4. The van der Waals surface area contributed by atoms with E-state index in [4.69, 9.17) is 4.74 Å². The largest absolute Gasteiger partial charge is 0.497 e. The molecule has 1 atom stereocenters. The molecule has 1 aliphatic heterocycles. The Morgan fingerprint density at radius 3 is 3.06 bits per heavy atom. The average Bonchev–Trinajstić information content (AvgIpc) is 3.19. The monoisotopic (exact) mass is 232 g/mol. The lowest BCUT2D eigenvalue weighted by Gasteiger charge is -2.26. The second kappa shape index (κ2) is 4.57. The molecule has 0 amide bonds. The summed E-state index contributed by atoms with van der Waals surface area (Å²) in [5.74, 6) is 1.65. The molecule has 3 nitrogen and oxygen atoms in total. The number of nitrogens with one attached hydrogen (secondary N) is 2. The summed E-state index contributed by atoms with van der Waals surface area (Å²) in [5.41, 5.74) is 2.66. The normalized spacial score (nSPS) is 22.8. The molecule has 1 aliphatic carbocycles. The van der Waals surface area contributed by atoms with Gasteiger partial charge in [0.2, 0.25) is 0 Å². The van der Waals surface area contributed by atoms with Crippen LogP contribution < -0.4 is 15.4 Å². The molecule has 17 heavy (non-hydrogen) atoms. The molecular formula is C14H20N2O. The van der Waals surface area contributed by atoms with Crippen LogP contribution in [0.5, 0.6) is 5.75 Å². The van der Waals surface area contributed by atoms with Gasteiger partial charge >= 0.3 is 0 Å². The first-order valence-electron chi connectivity index (χ1n) is 6.49. The molecule has 2 aliphatic rings. The number of hydrogen-bond donors (Lipinski definition) is 2. The summed E-state index contributed by atoms with van der Waals surface area (Å²) < 4.78 is 5.24. The number of anilines is 1. The highest BCUT2D eigenvalue weighted by atomic mass is 16.5. The van der Waals surface area contributed by atoms with Crippen molar-refractivity contribution in [3.8, 4) is 5.75 Å². The Labute approximate surface area is 103 Å². The van der Waals surface area contributed by atoms with E-state index < -0.39 is 0 Å². The van der Waals surface area contributed by atoms with Crippen molar-refractivity contribution in [3.05, 3.63) is 23.8 Å². The van der Waals surface area contributed by atoms with Gasteiger partial charge in [-0.1, -0.05) is 6.07 Å². The van der Waals surface area contributed by atoms with Crippen molar-refractivity contribution in [3.63, 3.8) is 0 Å². The van der Waals surface area contributed by atoms with Gasteiger partial charge in [0.05, 0.1) is 7.11 Å². The molecule has 1 heterocycles. The van der Waals surface area contributed by atoms with Crippen molar-refractivity contribution in [1.29, 1.82) is 0 Å². The van der Waals surface area contributed by atoms with Crippen molar-refractivity contribution in [2.45, 2.75) is 25.3 Å². The van der Waals surface area contributed by atoms with Crippen molar-refractivity contribution >= 4 is 5.69 Å². The summed E-state index contributed by atoms with van der Waals surface area (Å²) in [6.45, 7) is 2.21. The zero-order valence-electron chi connectivity index (χ0n) is 10.3. The Morgan fingerprint density at radius 1 is 1.41 bits per heavy atom. The highest BCUT2D eigenvalue weighted by molar-refractivity contribution is 5.57. The lowest BCUT2D eigenvalue weighted by atomic mass is 9.94. The molecule has 1 unspecified atom stereocenters. The molecule has 0 spiro atoms. The van der Waals surface area contributed by atoms with Crippen molar-refractivity contribution in [2.24, 2.45) is 5.92 Å². The fourth-order valence-corrected chi connectivity index (χ4v) is 2.43. The quantitative estimate of drug-likeness (QED) is 0.833. The van der Waals surface area contributed by atoms with Crippen LogP contribution in [0.2, 0.25) is 0 Å². The molecule has 0 radical (unpaired) electrons. The molecule has 1 fully saturated rings. The summed E-state index contributed by atoms with van der Waals surface area (Å²) in [6.07, 6.45) is 3.91. The smallest absolute Gasteiger partial charge is 0.120 e. The van der Waals surface area contributed by atoms with Crippen LogP contribution in [0, 0.1) is 5.92 Å². The van der Waals surface area contributed by atoms with Crippen LogP contribution in [-0.2, 0) is 6.42 Å². The van der Waals surface area contributed by atoms with E-state index in [9.17, 15) is 0 Å². The van der Waals surface area contributed by atoms with Crippen LogP contribution in [0.25, 0.3) is 0 Å². The molecule has 0 saturated heterocycles. The summed E-state index contributed by atoms with van der Waals surface area (Å²) in [7, 11) is 1.72. The minimum Gasteiger partial charge on any atom is -0.497 e. The lowest BCUT2D eigenvalue weighted by Crippen LogP contribution is -2.33. The molecule has 0 aromatic heterocycles. The molecule has 3 rings (SSSR count). The van der Waals surface area contributed by atoms with Gasteiger partial charge < -0.3 is 15.4 Å². The maximum Gasteiger partial charge on any atom is 0.120 e. The van der Waals surface area contributed by atoms with Gasteiger partial charge in [-0.3, -0.25) is 0 Å². The molecule has 1 aromatic rings. The van der Waals surface area contributed by atoms with Crippen LogP contribution in [0.15, 0.2) is 18.2 Å². The van der Waals surface area contributed by atoms with Crippen LogP contribution in [0.3, 0.4) is 0 Å². The maximum atomic E-state index is 5.24. The topological polar surface area (TPSA) is 33.3 Å². The Kier molecular flexibility index (Phi) is 2.93. The van der Waals surface area contributed by atoms with Gasteiger partial charge in [-0.25, -0.2) is 0 Å². The zero-order chi connectivity index (χ0) is 11.7. The van der Waals surface area contributed by atoms with Crippen molar-refractivity contribution < 1.29 is 4.74 Å². The predicted molar refractivity (Wildman–Crippen MR) is 69.7 cm³/mol. The van der Waals surface area contributed by atoms with E-state index in [0.717, 1.165) is 30.8 Å². The minimum absolute atomic E-state index is 0.719. The van der Waals surface area contributed by atoms with Gasteiger partial charge in [-0.15, -0.1) is 0 Å². The van der Waals surface area contributed by atoms with Crippen LogP contribution in [0.4, 0.5) is 5.69 Å². The number of ether oxygens (including phenoxy) is 1. The van der Waals surface area contributed by atoms with Gasteiger partial charge in [-0.2, -0.15) is 0 Å². The second-order valence-corrected chi connectivity index (χ2v) is 5.16. The van der Waals surface area contributed by atoms with E-state index in [0.29, 0.717) is 0 Å². The van der Waals surface area contributed by atoms with Gasteiger partial charge in [-0.05, 0) is 36.8 Å². The van der Waals surface area contributed by atoms with Crippen molar-refractivity contribution in [2.75, 3.05) is 25.5 Å². The summed E-state index contributed by atoms with van der Waals surface area (Å²) in [5, 5.41) is 7.13. The van der Waals surface area contributed by atoms with E-state index in [1.807, 2.05) is 0 Å². The number of benzene rings is 1. The molecule has 3 heteroatoms. The molecular weight excluding hydrogens is 212 g/mol. The third-order valence-electron chi connectivity index (χ3n) is 3.68. The first-order chi connectivity index (χ1) is 8.35. The van der Waals surface area contributed by atoms with E-state index in [-0.39, 0.29) is 0 Å². The summed E-state index contributed by atoms with van der Waals surface area (Å²) >= 11 is 0. The molecule has 1 saturated carbocycles. The number of methoxy groups -OCH3 is 1. The van der Waals surface area contributed by atoms with Gasteiger partial charge in [0, 0.05) is 30.9 Å². The molecule has 1 aromatic carbocycles. The van der Waals surface area contributed by atoms with Gasteiger partial charge in [0.25, 0.3) is 0 Å². The van der Waals surface area contributed by atoms with Gasteiger partial charge in [0.15, 0.2) is 0 Å². The van der Waals surface area contributed by atoms with E-state index >= 15 is 0 Å². The van der Waals surface area contributed by atoms with Crippen LogP contribution in [0.1, 0.15) is 18.4 Å². The van der Waals surface area contributed by atoms with E-state index in [2.05, 4.69) is 28.8 Å². The fraction of sp³-hybridized carbons (Fsp3) is 0.571. The SMILES string of the molecule is COc1ccc2c(c1)NCC(CNC1CC1)C2. The minimum atomic E-state index is 0.719. The Bertz CT molecular complexity index is 401. The Morgan fingerprint density at radius 2 is 2.29 bits per heavy atom. The Hall–Kier alpha value is -1.22.